The van der Waals surface area contributed by atoms with Crippen molar-refractivity contribution >= 4 is 17.1 Å². The Labute approximate surface area is 119 Å². The highest BCUT2D eigenvalue weighted by molar-refractivity contribution is 5.97. The molecule has 100 valence electrons. The number of hydrogen-bond donors (Lipinski definition) is 1. The number of benzene rings is 2. The molecule has 0 fully saturated rings. The minimum absolute atomic E-state index is 0.869. The summed E-state index contributed by atoms with van der Waals surface area (Å²) in [6.45, 7) is 5.14. The van der Waals surface area contributed by atoms with Crippen LogP contribution in [0.5, 0.6) is 0 Å². The lowest BCUT2D eigenvalue weighted by Crippen LogP contribution is -1.99. The third-order valence-electron chi connectivity index (χ3n) is 3.64. The molecule has 0 aliphatic rings. The molecular formula is C18H18N2. The Morgan fingerprint density at radius 1 is 1.05 bits per heavy atom. The third-order valence-corrected chi connectivity index (χ3v) is 3.64. The molecule has 0 bridgehead atoms. The predicted molar refractivity (Wildman–Crippen MR) is 84.8 cm³/mol. The van der Waals surface area contributed by atoms with Crippen molar-refractivity contribution in [3.8, 4) is 0 Å². The molecule has 0 spiro atoms. The van der Waals surface area contributed by atoms with Gasteiger partial charge in [-0.05, 0) is 31.5 Å². The van der Waals surface area contributed by atoms with Gasteiger partial charge in [-0.15, -0.1) is 0 Å². The van der Waals surface area contributed by atoms with Crippen LogP contribution in [0.15, 0.2) is 48.7 Å². The fourth-order valence-corrected chi connectivity index (χ4v) is 2.87. The average Bonchev–Trinajstić information content (AvgIpc) is 2.81. The Balaban J connectivity index is 2.05. The van der Waals surface area contributed by atoms with Crippen molar-refractivity contribution in [2.45, 2.75) is 20.4 Å². The molecule has 0 unspecified atom stereocenters. The Morgan fingerprint density at radius 2 is 1.80 bits per heavy atom. The summed E-state index contributed by atoms with van der Waals surface area (Å²) in [5.74, 6) is 0. The minimum atomic E-state index is 0.869. The van der Waals surface area contributed by atoms with E-state index in [9.17, 15) is 0 Å². The van der Waals surface area contributed by atoms with Gasteiger partial charge in [-0.3, -0.25) is 0 Å². The van der Waals surface area contributed by atoms with Crippen LogP contribution in [0.25, 0.3) is 10.9 Å². The van der Waals surface area contributed by atoms with E-state index in [2.05, 4.69) is 54.9 Å². The molecular weight excluding hydrogens is 244 g/mol. The zero-order valence-electron chi connectivity index (χ0n) is 11.9. The van der Waals surface area contributed by atoms with Crippen LogP contribution < -0.4 is 0 Å². The summed E-state index contributed by atoms with van der Waals surface area (Å²) < 4.78 is 2.25. The van der Waals surface area contributed by atoms with E-state index in [0.717, 1.165) is 17.5 Å². The highest BCUT2D eigenvalue weighted by Gasteiger charge is 2.05. The van der Waals surface area contributed by atoms with Gasteiger partial charge in [-0.2, -0.15) is 0 Å². The summed E-state index contributed by atoms with van der Waals surface area (Å²) in [6, 6.07) is 14.9. The average molecular weight is 262 g/mol. The first-order valence-corrected chi connectivity index (χ1v) is 6.83. The molecule has 0 saturated heterocycles. The number of hydrogen-bond acceptors (Lipinski definition) is 1. The van der Waals surface area contributed by atoms with E-state index >= 15 is 0 Å². The number of aryl methyl sites for hydroxylation is 2. The lowest BCUT2D eigenvalue weighted by molar-refractivity contribution is 0.834. The quantitative estimate of drug-likeness (QED) is 0.682. The minimum Gasteiger partial charge on any atom is -0.343 e. The third kappa shape index (κ3) is 2.25. The van der Waals surface area contributed by atoms with Gasteiger partial charge in [0.2, 0.25) is 0 Å². The van der Waals surface area contributed by atoms with Gasteiger partial charge in [0.15, 0.2) is 0 Å². The Morgan fingerprint density at radius 3 is 2.50 bits per heavy atom. The zero-order valence-corrected chi connectivity index (χ0v) is 11.9. The van der Waals surface area contributed by atoms with Crippen LogP contribution in [0.3, 0.4) is 0 Å². The molecule has 2 nitrogen and oxygen atoms in total. The van der Waals surface area contributed by atoms with Gasteiger partial charge in [-0.25, -0.2) is 0 Å². The normalized spacial score (nSPS) is 10.9. The number of fused-ring (bicyclic) bond motifs is 1. The largest absolute Gasteiger partial charge is 0.343 e. The molecule has 1 aromatic heterocycles. The first-order chi connectivity index (χ1) is 9.67. The van der Waals surface area contributed by atoms with E-state index in [1.165, 1.54) is 28.4 Å². The highest BCUT2D eigenvalue weighted by atomic mass is 14.9. The van der Waals surface area contributed by atoms with Gasteiger partial charge in [0.1, 0.15) is 0 Å². The zero-order chi connectivity index (χ0) is 14.1. The molecule has 3 rings (SSSR count). The second-order valence-electron chi connectivity index (χ2n) is 5.36. The topological polar surface area (TPSA) is 28.8 Å². The molecule has 0 radical (unpaired) electrons. The van der Waals surface area contributed by atoms with Crippen LogP contribution >= 0.6 is 0 Å². The van der Waals surface area contributed by atoms with Gasteiger partial charge in [0.25, 0.3) is 0 Å². The van der Waals surface area contributed by atoms with Crippen molar-refractivity contribution in [1.82, 2.24) is 4.57 Å². The van der Waals surface area contributed by atoms with Crippen LogP contribution in [-0.4, -0.2) is 10.8 Å². The number of aromatic nitrogens is 1. The Hall–Kier alpha value is -2.35. The first kappa shape index (κ1) is 12.7. The number of nitrogens with zero attached hydrogens (tertiary/aromatic N) is 1. The van der Waals surface area contributed by atoms with Crippen LogP contribution in [0.1, 0.15) is 22.3 Å². The maximum Gasteiger partial charge on any atom is 0.0490 e. The predicted octanol–water partition coefficient (Wildman–Crippen LogP) is 4.30. The molecule has 0 saturated carbocycles. The molecule has 2 aromatic carbocycles. The number of nitrogens with one attached hydrogen (secondary N) is 1. The molecule has 0 aliphatic carbocycles. The molecule has 0 atom stereocenters. The second kappa shape index (κ2) is 4.97. The first-order valence-electron chi connectivity index (χ1n) is 6.83. The van der Waals surface area contributed by atoms with Gasteiger partial charge < -0.3 is 9.98 Å². The van der Waals surface area contributed by atoms with Crippen molar-refractivity contribution < 1.29 is 0 Å². The van der Waals surface area contributed by atoms with Crippen molar-refractivity contribution in [2.75, 3.05) is 0 Å². The van der Waals surface area contributed by atoms with Crippen molar-refractivity contribution in [3.63, 3.8) is 0 Å². The van der Waals surface area contributed by atoms with Crippen molar-refractivity contribution in [1.29, 1.82) is 5.41 Å². The molecule has 1 N–H and O–H groups in total. The van der Waals surface area contributed by atoms with E-state index in [-0.39, 0.29) is 0 Å². The lowest BCUT2D eigenvalue weighted by Gasteiger charge is -2.08. The van der Waals surface area contributed by atoms with Crippen molar-refractivity contribution in [3.05, 3.63) is 70.9 Å². The molecule has 2 heteroatoms. The van der Waals surface area contributed by atoms with Gasteiger partial charge >= 0.3 is 0 Å². The molecule has 1 heterocycles. The summed E-state index contributed by atoms with van der Waals surface area (Å²) in [7, 11) is 0. The summed E-state index contributed by atoms with van der Waals surface area (Å²) in [5, 5.41) is 8.62. The van der Waals surface area contributed by atoms with Gasteiger partial charge in [-0.1, -0.05) is 41.5 Å². The molecule has 20 heavy (non-hydrogen) atoms. The lowest BCUT2D eigenvalue weighted by atomic mass is 10.1. The Kier molecular flexibility index (Phi) is 3.15. The SMILES string of the molecule is Cc1cc(C)cc(Cn2ccc3c(C=N)cccc32)c1. The van der Waals surface area contributed by atoms with Gasteiger partial charge in [0, 0.05) is 35.4 Å². The molecule has 0 aliphatic heterocycles. The van der Waals surface area contributed by atoms with E-state index in [1.54, 1.807) is 0 Å². The maximum atomic E-state index is 7.48. The van der Waals surface area contributed by atoms with Crippen molar-refractivity contribution in [2.24, 2.45) is 0 Å². The summed E-state index contributed by atoms with van der Waals surface area (Å²) >= 11 is 0. The van der Waals surface area contributed by atoms with E-state index in [4.69, 9.17) is 5.41 Å². The maximum absolute atomic E-state index is 7.48. The fourth-order valence-electron chi connectivity index (χ4n) is 2.87. The van der Waals surface area contributed by atoms with Crippen LogP contribution in [-0.2, 0) is 6.54 Å². The molecule has 0 amide bonds. The van der Waals surface area contributed by atoms with E-state index in [1.807, 2.05) is 12.1 Å². The van der Waals surface area contributed by atoms with Crippen LogP contribution in [0, 0.1) is 19.3 Å². The highest BCUT2D eigenvalue weighted by Crippen LogP contribution is 2.21. The smallest absolute Gasteiger partial charge is 0.0490 e. The van der Waals surface area contributed by atoms with E-state index in [0.29, 0.717) is 0 Å². The summed E-state index contributed by atoms with van der Waals surface area (Å²) in [4.78, 5) is 0. The summed E-state index contributed by atoms with van der Waals surface area (Å²) in [6.07, 6.45) is 3.53. The van der Waals surface area contributed by atoms with Crippen LogP contribution in [0.4, 0.5) is 0 Å². The summed E-state index contributed by atoms with van der Waals surface area (Å²) in [5.41, 5.74) is 6.08. The van der Waals surface area contributed by atoms with Crippen LogP contribution in [0.2, 0.25) is 0 Å². The second-order valence-corrected chi connectivity index (χ2v) is 5.36. The number of rotatable bonds is 3. The van der Waals surface area contributed by atoms with E-state index < -0.39 is 0 Å². The monoisotopic (exact) mass is 262 g/mol. The fraction of sp³-hybridized carbons (Fsp3) is 0.167. The Bertz CT molecular complexity index is 761. The standard InChI is InChI=1S/C18H18N2/c1-13-8-14(2)10-15(9-13)12-20-7-6-17-16(11-19)4-3-5-18(17)20/h3-11,19H,12H2,1-2H3. The van der Waals surface area contributed by atoms with Gasteiger partial charge in [0.05, 0.1) is 0 Å². The molecule has 3 aromatic rings.